The molecule has 0 saturated carbocycles. The fourth-order valence-electron chi connectivity index (χ4n) is 4.09. The summed E-state index contributed by atoms with van der Waals surface area (Å²) in [5.74, 6) is 0.860. The molecule has 3 aromatic carbocycles. The molecule has 0 unspecified atom stereocenters. The lowest BCUT2D eigenvalue weighted by Crippen LogP contribution is -2.41. The van der Waals surface area contributed by atoms with Gasteiger partial charge in [-0.1, -0.05) is 54.6 Å². The highest BCUT2D eigenvalue weighted by atomic mass is 16.5. The quantitative estimate of drug-likeness (QED) is 0.327. The molecule has 2 N–H and O–H groups in total. The van der Waals surface area contributed by atoms with E-state index in [0.717, 1.165) is 11.1 Å². The fourth-order valence-corrected chi connectivity index (χ4v) is 4.09. The Morgan fingerprint density at radius 2 is 1.73 bits per heavy atom. The van der Waals surface area contributed by atoms with E-state index in [4.69, 9.17) is 9.47 Å². The number of hydrogen-bond donors (Lipinski definition) is 2. The lowest BCUT2D eigenvalue weighted by molar-refractivity contribution is -0.133. The Morgan fingerprint density at radius 3 is 2.43 bits per heavy atom. The number of rotatable bonds is 11. The number of fused-ring (bicyclic) bond motifs is 1. The Hall–Kier alpha value is -4.01. The van der Waals surface area contributed by atoms with Gasteiger partial charge in [-0.2, -0.15) is 0 Å². The molecular formula is C29H31N3O5. The van der Waals surface area contributed by atoms with E-state index in [2.05, 4.69) is 10.3 Å². The van der Waals surface area contributed by atoms with E-state index in [1.54, 1.807) is 13.1 Å². The Bertz CT molecular complexity index is 1390. The van der Waals surface area contributed by atoms with Crippen molar-refractivity contribution in [2.24, 2.45) is 7.05 Å². The van der Waals surface area contributed by atoms with Crippen LogP contribution in [0.5, 0.6) is 5.75 Å². The van der Waals surface area contributed by atoms with Gasteiger partial charge in [0.25, 0.3) is 5.56 Å². The fraction of sp³-hybridized carbons (Fsp3) is 0.276. The second kappa shape index (κ2) is 12.3. The Balaban J connectivity index is 1.39. The number of para-hydroxylation sites is 1. The van der Waals surface area contributed by atoms with Gasteiger partial charge in [-0.25, -0.2) is 4.98 Å². The van der Waals surface area contributed by atoms with Crippen molar-refractivity contribution in [3.63, 3.8) is 0 Å². The van der Waals surface area contributed by atoms with Gasteiger partial charge in [0.15, 0.2) is 0 Å². The first kappa shape index (κ1) is 26.1. The summed E-state index contributed by atoms with van der Waals surface area (Å²) in [5.41, 5.74) is 2.25. The summed E-state index contributed by atoms with van der Waals surface area (Å²) in [5, 5.41) is 13.2. The molecule has 4 rings (SSSR count). The Labute approximate surface area is 215 Å². The van der Waals surface area contributed by atoms with E-state index >= 15 is 0 Å². The van der Waals surface area contributed by atoms with Gasteiger partial charge in [0.1, 0.15) is 24.3 Å². The van der Waals surface area contributed by atoms with Crippen molar-refractivity contribution in [1.82, 2.24) is 14.9 Å². The molecule has 8 nitrogen and oxygen atoms in total. The molecule has 0 bridgehead atoms. The van der Waals surface area contributed by atoms with Gasteiger partial charge in [0.05, 0.1) is 23.6 Å². The highest BCUT2D eigenvalue weighted by Gasteiger charge is 2.23. The van der Waals surface area contributed by atoms with Crippen molar-refractivity contribution in [3.05, 3.63) is 106 Å². The van der Waals surface area contributed by atoms with E-state index in [1.165, 1.54) is 4.57 Å². The number of amides is 1. The molecule has 0 fully saturated rings. The molecule has 2 atom stereocenters. The van der Waals surface area contributed by atoms with Crippen molar-refractivity contribution < 1.29 is 19.4 Å². The summed E-state index contributed by atoms with van der Waals surface area (Å²) in [7, 11) is 1.68. The average Bonchev–Trinajstić information content (AvgIpc) is 2.93. The average molecular weight is 502 g/mol. The SMILES string of the molecule is CCO[C@@H](Cc1ccc(OCc2nc3ccccc3c(=O)n2C)cc1)C(=O)N[C@H](CO)c1ccccc1. The molecule has 0 saturated heterocycles. The third kappa shape index (κ3) is 6.41. The monoisotopic (exact) mass is 501 g/mol. The first-order valence-electron chi connectivity index (χ1n) is 12.2. The molecule has 8 heteroatoms. The number of aliphatic hydroxyl groups is 1. The van der Waals surface area contributed by atoms with Gasteiger partial charge in [-0.15, -0.1) is 0 Å². The van der Waals surface area contributed by atoms with Crippen molar-refractivity contribution in [2.45, 2.75) is 32.1 Å². The van der Waals surface area contributed by atoms with Gasteiger partial charge in [0.2, 0.25) is 5.91 Å². The van der Waals surface area contributed by atoms with Gasteiger partial charge < -0.3 is 19.9 Å². The lowest BCUT2D eigenvalue weighted by atomic mass is 10.0. The molecule has 4 aromatic rings. The van der Waals surface area contributed by atoms with Crippen LogP contribution in [0, 0.1) is 0 Å². The van der Waals surface area contributed by atoms with E-state index in [0.29, 0.717) is 35.5 Å². The van der Waals surface area contributed by atoms with Crippen molar-refractivity contribution in [3.8, 4) is 5.75 Å². The third-order valence-electron chi connectivity index (χ3n) is 6.15. The molecule has 192 valence electrons. The molecule has 0 aliphatic heterocycles. The minimum Gasteiger partial charge on any atom is -0.486 e. The number of ether oxygens (including phenoxy) is 2. The summed E-state index contributed by atoms with van der Waals surface area (Å²) in [6, 6.07) is 23.4. The molecule has 1 heterocycles. The Morgan fingerprint density at radius 1 is 1.03 bits per heavy atom. The van der Waals surface area contributed by atoms with Crippen LogP contribution in [0.3, 0.4) is 0 Å². The number of nitrogens with one attached hydrogen (secondary N) is 1. The van der Waals surface area contributed by atoms with Crippen LogP contribution in [-0.2, 0) is 29.6 Å². The summed E-state index contributed by atoms with van der Waals surface area (Å²) >= 11 is 0. The summed E-state index contributed by atoms with van der Waals surface area (Å²) in [4.78, 5) is 30.1. The number of benzene rings is 3. The van der Waals surface area contributed by atoms with Crippen LogP contribution in [0.25, 0.3) is 10.9 Å². The minimum absolute atomic E-state index is 0.115. The zero-order valence-electron chi connectivity index (χ0n) is 21.0. The molecule has 0 radical (unpaired) electrons. The van der Waals surface area contributed by atoms with Crippen LogP contribution in [0.1, 0.15) is 29.9 Å². The molecule has 37 heavy (non-hydrogen) atoms. The van der Waals surface area contributed by atoms with Crippen molar-refractivity contribution in [1.29, 1.82) is 0 Å². The molecular weight excluding hydrogens is 470 g/mol. The first-order valence-corrected chi connectivity index (χ1v) is 12.2. The molecule has 1 amide bonds. The van der Waals surface area contributed by atoms with Crippen molar-refractivity contribution >= 4 is 16.8 Å². The highest BCUT2D eigenvalue weighted by Crippen LogP contribution is 2.18. The zero-order valence-corrected chi connectivity index (χ0v) is 21.0. The topological polar surface area (TPSA) is 103 Å². The number of carbonyl (C=O) groups is 1. The van der Waals surface area contributed by atoms with E-state index in [-0.39, 0.29) is 24.7 Å². The van der Waals surface area contributed by atoms with Crippen LogP contribution in [0.4, 0.5) is 0 Å². The summed E-state index contributed by atoms with van der Waals surface area (Å²) < 4.78 is 13.1. The molecule has 0 aliphatic rings. The molecule has 0 spiro atoms. The maximum absolute atomic E-state index is 13.0. The van der Waals surface area contributed by atoms with Crippen LogP contribution >= 0.6 is 0 Å². The number of aliphatic hydroxyl groups excluding tert-OH is 1. The number of hydrogen-bond acceptors (Lipinski definition) is 6. The lowest BCUT2D eigenvalue weighted by Gasteiger charge is -2.22. The van der Waals surface area contributed by atoms with E-state index < -0.39 is 12.1 Å². The second-order valence-corrected chi connectivity index (χ2v) is 8.64. The predicted octanol–water partition coefficient (Wildman–Crippen LogP) is 3.31. The van der Waals surface area contributed by atoms with E-state index in [1.807, 2.05) is 79.7 Å². The smallest absolute Gasteiger partial charge is 0.261 e. The van der Waals surface area contributed by atoms with E-state index in [9.17, 15) is 14.7 Å². The second-order valence-electron chi connectivity index (χ2n) is 8.64. The normalized spacial score (nSPS) is 12.7. The zero-order chi connectivity index (χ0) is 26.2. The van der Waals surface area contributed by atoms with Gasteiger partial charge >= 0.3 is 0 Å². The third-order valence-corrected chi connectivity index (χ3v) is 6.15. The number of carbonyl (C=O) groups excluding carboxylic acids is 1. The van der Waals surface area contributed by atoms with Gasteiger partial charge in [-0.05, 0) is 42.3 Å². The van der Waals surface area contributed by atoms with Crippen LogP contribution in [-0.4, -0.2) is 39.9 Å². The van der Waals surface area contributed by atoms with Crippen LogP contribution in [0.2, 0.25) is 0 Å². The summed E-state index contributed by atoms with van der Waals surface area (Å²) in [6.45, 7) is 2.15. The maximum atomic E-state index is 13.0. The Kier molecular flexibility index (Phi) is 8.66. The van der Waals surface area contributed by atoms with Gasteiger partial charge in [0, 0.05) is 20.1 Å². The predicted molar refractivity (Wildman–Crippen MR) is 141 cm³/mol. The first-order chi connectivity index (χ1) is 18.0. The number of aromatic nitrogens is 2. The number of nitrogens with zero attached hydrogens (tertiary/aromatic N) is 2. The highest BCUT2D eigenvalue weighted by molar-refractivity contribution is 5.81. The summed E-state index contributed by atoms with van der Waals surface area (Å²) in [6.07, 6.45) is -0.334. The van der Waals surface area contributed by atoms with Crippen LogP contribution < -0.4 is 15.6 Å². The minimum atomic E-state index is -0.703. The molecule has 0 aliphatic carbocycles. The van der Waals surface area contributed by atoms with Crippen molar-refractivity contribution in [2.75, 3.05) is 13.2 Å². The molecule has 1 aromatic heterocycles. The standard InChI is InChI=1S/C29H31N3O5/c1-3-36-26(28(34)31-25(18-33)21-9-5-4-6-10-21)17-20-13-15-22(16-14-20)37-19-27-30-24-12-8-7-11-23(24)29(35)32(27)2/h4-16,25-26,33H,3,17-19H2,1-2H3,(H,31,34)/t25-,26+/m1/s1. The van der Waals surface area contributed by atoms with Gasteiger partial charge in [-0.3, -0.25) is 14.2 Å². The maximum Gasteiger partial charge on any atom is 0.261 e. The largest absolute Gasteiger partial charge is 0.486 e. The van der Waals surface area contributed by atoms with Crippen LogP contribution in [0.15, 0.2) is 83.7 Å².